The Morgan fingerprint density at radius 1 is 1.38 bits per heavy atom. The maximum atomic E-state index is 11.8. The third-order valence-electron chi connectivity index (χ3n) is 2.54. The molecule has 0 aromatic rings. The van der Waals surface area contributed by atoms with Gasteiger partial charge in [-0.15, -0.1) is 0 Å². The lowest BCUT2D eigenvalue weighted by Crippen LogP contribution is -2.35. The summed E-state index contributed by atoms with van der Waals surface area (Å²) in [7, 11) is 0. The molecule has 0 bridgehead atoms. The van der Waals surface area contributed by atoms with Crippen molar-refractivity contribution in [3.8, 4) is 0 Å². The molecule has 0 aromatic carbocycles. The molecule has 5 heteroatoms. The Kier molecular flexibility index (Phi) is 5.66. The van der Waals surface area contributed by atoms with Crippen LogP contribution in [0.5, 0.6) is 0 Å². The number of hydrogen-bond acceptors (Lipinski definition) is 3. The largest absolute Gasteiger partial charge is 0.481 e. The molecule has 1 saturated carbocycles. The number of amides is 1. The van der Waals surface area contributed by atoms with Gasteiger partial charge < -0.3 is 10.0 Å². The standard InChI is InChI=1S/C11H19NO3S/c1-2-16-8-6-10(13)12(9-3-4-9)7-5-11(14)15/h9H,2-8H2,1H3,(H,14,15). The Balaban J connectivity index is 2.30. The number of hydrogen-bond donors (Lipinski definition) is 1. The van der Waals surface area contributed by atoms with Crippen molar-refractivity contribution in [3.63, 3.8) is 0 Å². The Hall–Kier alpha value is -0.710. The summed E-state index contributed by atoms with van der Waals surface area (Å²) in [5, 5.41) is 8.62. The Labute approximate surface area is 100 Å². The van der Waals surface area contributed by atoms with Gasteiger partial charge in [0.05, 0.1) is 6.42 Å². The average Bonchev–Trinajstić information content (AvgIpc) is 3.02. The van der Waals surface area contributed by atoms with Gasteiger partial charge in [-0.1, -0.05) is 6.92 Å². The zero-order valence-corrected chi connectivity index (χ0v) is 10.5. The minimum absolute atomic E-state index is 0.0587. The Morgan fingerprint density at radius 2 is 2.06 bits per heavy atom. The highest BCUT2D eigenvalue weighted by Crippen LogP contribution is 2.27. The van der Waals surface area contributed by atoms with Crippen molar-refractivity contribution in [2.75, 3.05) is 18.1 Å². The van der Waals surface area contributed by atoms with Crippen LogP contribution in [-0.2, 0) is 9.59 Å². The molecule has 0 aromatic heterocycles. The highest BCUT2D eigenvalue weighted by molar-refractivity contribution is 7.99. The van der Waals surface area contributed by atoms with Crippen LogP contribution in [0.3, 0.4) is 0 Å². The van der Waals surface area contributed by atoms with Gasteiger partial charge in [0.25, 0.3) is 0 Å². The van der Waals surface area contributed by atoms with Gasteiger partial charge in [0.2, 0.25) is 5.91 Å². The maximum Gasteiger partial charge on any atom is 0.305 e. The van der Waals surface area contributed by atoms with Crippen LogP contribution in [0.4, 0.5) is 0 Å². The van der Waals surface area contributed by atoms with Crippen molar-refractivity contribution in [2.24, 2.45) is 0 Å². The summed E-state index contributed by atoms with van der Waals surface area (Å²) < 4.78 is 0. The number of nitrogens with zero attached hydrogens (tertiary/aromatic N) is 1. The summed E-state index contributed by atoms with van der Waals surface area (Å²) in [4.78, 5) is 24.1. The first-order chi connectivity index (χ1) is 7.65. The van der Waals surface area contributed by atoms with Crippen LogP contribution in [-0.4, -0.2) is 46.0 Å². The fraction of sp³-hybridized carbons (Fsp3) is 0.818. The van der Waals surface area contributed by atoms with Crippen molar-refractivity contribution in [1.82, 2.24) is 4.90 Å². The molecule has 0 radical (unpaired) electrons. The zero-order chi connectivity index (χ0) is 12.0. The maximum absolute atomic E-state index is 11.8. The van der Waals surface area contributed by atoms with E-state index in [-0.39, 0.29) is 12.3 Å². The summed E-state index contributed by atoms with van der Waals surface area (Å²) in [5.74, 6) is 1.14. The first kappa shape index (κ1) is 13.4. The monoisotopic (exact) mass is 245 g/mol. The third kappa shape index (κ3) is 4.88. The summed E-state index contributed by atoms with van der Waals surface area (Å²) in [6.45, 7) is 2.44. The topological polar surface area (TPSA) is 57.6 Å². The van der Waals surface area contributed by atoms with E-state index in [1.54, 1.807) is 16.7 Å². The molecule has 1 fully saturated rings. The molecule has 0 unspecified atom stereocenters. The molecule has 1 rings (SSSR count). The molecule has 16 heavy (non-hydrogen) atoms. The lowest BCUT2D eigenvalue weighted by atomic mass is 10.3. The van der Waals surface area contributed by atoms with Crippen LogP contribution < -0.4 is 0 Å². The lowest BCUT2D eigenvalue weighted by molar-refractivity contribution is -0.138. The van der Waals surface area contributed by atoms with E-state index >= 15 is 0 Å². The first-order valence-electron chi connectivity index (χ1n) is 5.74. The summed E-state index contributed by atoms with van der Waals surface area (Å²) in [5.41, 5.74) is 0. The third-order valence-corrected chi connectivity index (χ3v) is 3.44. The molecule has 92 valence electrons. The van der Waals surface area contributed by atoms with Gasteiger partial charge in [0, 0.05) is 24.8 Å². The number of carboxylic acids is 1. The van der Waals surface area contributed by atoms with E-state index < -0.39 is 5.97 Å². The molecule has 1 aliphatic rings. The van der Waals surface area contributed by atoms with Crippen LogP contribution in [0, 0.1) is 0 Å². The lowest BCUT2D eigenvalue weighted by Gasteiger charge is -2.21. The van der Waals surface area contributed by atoms with E-state index in [0.29, 0.717) is 19.0 Å². The summed E-state index contributed by atoms with van der Waals surface area (Å²) in [6, 6.07) is 0.318. The predicted octanol–water partition coefficient (Wildman–Crippen LogP) is 1.60. The zero-order valence-electron chi connectivity index (χ0n) is 9.65. The molecule has 0 spiro atoms. The van der Waals surface area contributed by atoms with Gasteiger partial charge in [-0.2, -0.15) is 11.8 Å². The minimum atomic E-state index is -0.832. The quantitative estimate of drug-likeness (QED) is 0.660. The Bertz CT molecular complexity index is 254. The van der Waals surface area contributed by atoms with Crippen molar-refractivity contribution in [3.05, 3.63) is 0 Å². The van der Waals surface area contributed by atoms with E-state index in [4.69, 9.17) is 5.11 Å². The summed E-state index contributed by atoms with van der Waals surface area (Å²) in [6.07, 6.45) is 2.66. The van der Waals surface area contributed by atoms with E-state index in [0.717, 1.165) is 24.3 Å². The van der Waals surface area contributed by atoms with E-state index in [1.807, 2.05) is 0 Å². The molecule has 0 atom stereocenters. The molecular formula is C11H19NO3S. The second-order valence-corrected chi connectivity index (χ2v) is 5.30. The van der Waals surface area contributed by atoms with Crippen molar-refractivity contribution >= 4 is 23.6 Å². The molecule has 1 aliphatic carbocycles. The van der Waals surface area contributed by atoms with Gasteiger partial charge in [-0.3, -0.25) is 9.59 Å². The van der Waals surface area contributed by atoms with Crippen LogP contribution in [0.15, 0.2) is 0 Å². The van der Waals surface area contributed by atoms with Crippen LogP contribution >= 0.6 is 11.8 Å². The average molecular weight is 245 g/mol. The number of thioether (sulfide) groups is 1. The van der Waals surface area contributed by atoms with Gasteiger partial charge in [-0.25, -0.2) is 0 Å². The van der Waals surface area contributed by atoms with Gasteiger partial charge in [0.1, 0.15) is 0 Å². The van der Waals surface area contributed by atoms with Gasteiger partial charge in [0.15, 0.2) is 0 Å². The second kappa shape index (κ2) is 6.78. The van der Waals surface area contributed by atoms with E-state index in [2.05, 4.69) is 6.92 Å². The molecule has 0 aliphatic heterocycles. The fourth-order valence-corrected chi connectivity index (χ4v) is 2.17. The Morgan fingerprint density at radius 3 is 2.56 bits per heavy atom. The summed E-state index contributed by atoms with van der Waals surface area (Å²) >= 11 is 1.75. The highest BCUT2D eigenvalue weighted by Gasteiger charge is 2.32. The van der Waals surface area contributed by atoms with Crippen molar-refractivity contribution in [1.29, 1.82) is 0 Å². The highest BCUT2D eigenvalue weighted by atomic mass is 32.2. The van der Waals surface area contributed by atoms with Crippen LogP contribution in [0.2, 0.25) is 0 Å². The van der Waals surface area contributed by atoms with Crippen molar-refractivity contribution in [2.45, 2.75) is 38.6 Å². The second-order valence-electron chi connectivity index (χ2n) is 3.91. The molecule has 0 heterocycles. The number of carbonyl (C=O) groups is 2. The molecule has 0 saturated heterocycles. The van der Waals surface area contributed by atoms with Gasteiger partial charge in [-0.05, 0) is 18.6 Å². The number of aliphatic carboxylic acids is 1. The first-order valence-corrected chi connectivity index (χ1v) is 6.89. The normalized spacial score (nSPS) is 14.8. The fourth-order valence-electron chi connectivity index (χ4n) is 1.56. The predicted molar refractivity (Wildman–Crippen MR) is 64.6 cm³/mol. The minimum Gasteiger partial charge on any atom is -0.481 e. The number of carboxylic acid groups (broad SMARTS) is 1. The van der Waals surface area contributed by atoms with Gasteiger partial charge >= 0.3 is 5.97 Å². The molecule has 1 N–H and O–H groups in total. The van der Waals surface area contributed by atoms with E-state index in [1.165, 1.54) is 0 Å². The SMILES string of the molecule is CCSCCC(=O)N(CCC(=O)O)C1CC1. The van der Waals surface area contributed by atoms with E-state index in [9.17, 15) is 9.59 Å². The molecule has 4 nitrogen and oxygen atoms in total. The number of rotatable bonds is 8. The smallest absolute Gasteiger partial charge is 0.305 e. The van der Waals surface area contributed by atoms with Crippen molar-refractivity contribution < 1.29 is 14.7 Å². The molecular weight excluding hydrogens is 226 g/mol. The molecule has 1 amide bonds. The number of carbonyl (C=O) groups excluding carboxylic acids is 1. The van der Waals surface area contributed by atoms with Crippen LogP contribution in [0.1, 0.15) is 32.6 Å². The van der Waals surface area contributed by atoms with Crippen LogP contribution in [0.25, 0.3) is 0 Å².